The monoisotopic (exact) mass is 378 g/mol. The zero-order valence-corrected chi connectivity index (χ0v) is 14.9. The van der Waals surface area contributed by atoms with Gasteiger partial charge in [0.05, 0.1) is 22.3 Å². The SMILES string of the molecule is N#Cc1ccc(OCC(=O)Nc2ccccc2Oc2ccccc2Cl)cc1. The number of rotatable bonds is 6. The van der Waals surface area contributed by atoms with Crippen LogP contribution < -0.4 is 14.8 Å². The highest BCUT2D eigenvalue weighted by Crippen LogP contribution is 2.33. The van der Waals surface area contributed by atoms with Gasteiger partial charge in [0.2, 0.25) is 0 Å². The molecule has 1 amide bonds. The standard InChI is InChI=1S/C21H15ClN2O3/c22-17-5-1-3-7-19(17)27-20-8-4-2-6-18(20)24-21(25)14-26-16-11-9-15(13-23)10-12-16/h1-12H,14H2,(H,24,25). The number of hydrogen-bond acceptors (Lipinski definition) is 4. The average molecular weight is 379 g/mol. The highest BCUT2D eigenvalue weighted by Gasteiger charge is 2.10. The van der Waals surface area contributed by atoms with Crippen LogP contribution in [-0.2, 0) is 4.79 Å². The fraction of sp³-hybridized carbons (Fsp3) is 0.0476. The largest absolute Gasteiger partial charge is 0.484 e. The maximum Gasteiger partial charge on any atom is 0.262 e. The molecular formula is C21H15ClN2O3. The van der Waals surface area contributed by atoms with E-state index in [1.54, 1.807) is 60.7 Å². The molecule has 0 saturated carbocycles. The van der Waals surface area contributed by atoms with Crippen molar-refractivity contribution in [2.75, 3.05) is 11.9 Å². The van der Waals surface area contributed by atoms with E-state index in [4.69, 9.17) is 26.3 Å². The first-order valence-corrected chi connectivity index (χ1v) is 8.48. The van der Waals surface area contributed by atoms with E-state index < -0.39 is 0 Å². The summed E-state index contributed by atoms with van der Waals surface area (Å²) in [4.78, 5) is 12.2. The lowest BCUT2D eigenvalue weighted by Gasteiger charge is -2.13. The molecule has 6 heteroatoms. The lowest BCUT2D eigenvalue weighted by Crippen LogP contribution is -2.20. The zero-order chi connectivity index (χ0) is 19.1. The van der Waals surface area contributed by atoms with E-state index in [1.807, 2.05) is 18.2 Å². The summed E-state index contributed by atoms with van der Waals surface area (Å²) < 4.78 is 11.2. The van der Waals surface area contributed by atoms with Crippen LogP contribution in [0.1, 0.15) is 5.56 Å². The molecular weight excluding hydrogens is 364 g/mol. The summed E-state index contributed by atoms with van der Waals surface area (Å²) in [5.74, 6) is 1.13. The Morgan fingerprint density at radius 3 is 2.33 bits per heavy atom. The number of para-hydroxylation sites is 3. The topological polar surface area (TPSA) is 71.3 Å². The first kappa shape index (κ1) is 18.3. The van der Waals surface area contributed by atoms with E-state index in [1.165, 1.54) is 0 Å². The second kappa shape index (κ2) is 8.75. The van der Waals surface area contributed by atoms with Crippen LogP contribution >= 0.6 is 11.6 Å². The van der Waals surface area contributed by atoms with Crippen LogP contribution in [0.3, 0.4) is 0 Å². The highest BCUT2D eigenvalue weighted by molar-refractivity contribution is 6.32. The number of carbonyl (C=O) groups excluding carboxylic acids is 1. The summed E-state index contributed by atoms with van der Waals surface area (Å²) in [6.07, 6.45) is 0. The minimum atomic E-state index is -0.338. The van der Waals surface area contributed by atoms with E-state index in [9.17, 15) is 4.79 Å². The maximum atomic E-state index is 12.2. The number of nitrogens with one attached hydrogen (secondary N) is 1. The Morgan fingerprint density at radius 2 is 1.63 bits per heavy atom. The summed E-state index contributed by atoms with van der Waals surface area (Å²) in [6, 6.07) is 22.7. The smallest absolute Gasteiger partial charge is 0.262 e. The molecule has 134 valence electrons. The summed E-state index contributed by atoms with van der Waals surface area (Å²) in [7, 11) is 0. The van der Waals surface area contributed by atoms with Crippen molar-refractivity contribution in [3.63, 3.8) is 0 Å². The minimum Gasteiger partial charge on any atom is -0.484 e. The quantitative estimate of drug-likeness (QED) is 0.653. The van der Waals surface area contributed by atoms with Crippen molar-refractivity contribution in [1.82, 2.24) is 0 Å². The third kappa shape index (κ3) is 5.00. The number of amides is 1. The van der Waals surface area contributed by atoms with Gasteiger partial charge in [0.1, 0.15) is 11.5 Å². The van der Waals surface area contributed by atoms with Gasteiger partial charge in [0, 0.05) is 0 Å². The van der Waals surface area contributed by atoms with Gasteiger partial charge in [-0.15, -0.1) is 0 Å². The third-order valence-electron chi connectivity index (χ3n) is 3.57. The van der Waals surface area contributed by atoms with Gasteiger partial charge >= 0.3 is 0 Å². The van der Waals surface area contributed by atoms with Crippen LogP contribution in [0.15, 0.2) is 72.8 Å². The number of carbonyl (C=O) groups is 1. The molecule has 0 atom stereocenters. The van der Waals surface area contributed by atoms with E-state index in [2.05, 4.69) is 5.32 Å². The van der Waals surface area contributed by atoms with Gasteiger partial charge in [-0.3, -0.25) is 4.79 Å². The molecule has 5 nitrogen and oxygen atoms in total. The minimum absolute atomic E-state index is 0.174. The summed E-state index contributed by atoms with van der Waals surface area (Å²) in [5, 5.41) is 12.0. The van der Waals surface area contributed by atoms with E-state index >= 15 is 0 Å². The molecule has 1 N–H and O–H groups in total. The molecule has 0 aliphatic rings. The number of ether oxygens (including phenoxy) is 2. The van der Waals surface area contributed by atoms with E-state index in [0.717, 1.165) is 0 Å². The van der Waals surface area contributed by atoms with Gasteiger partial charge in [-0.05, 0) is 48.5 Å². The first-order valence-electron chi connectivity index (χ1n) is 8.10. The fourth-order valence-electron chi connectivity index (χ4n) is 2.27. The van der Waals surface area contributed by atoms with Gasteiger partial charge < -0.3 is 14.8 Å². The normalized spacial score (nSPS) is 9.93. The molecule has 3 aromatic carbocycles. The Morgan fingerprint density at radius 1 is 0.963 bits per heavy atom. The molecule has 0 unspecified atom stereocenters. The number of benzene rings is 3. The van der Waals surface area contributed by atoms with Crippen LogP contribution in [-0.4, -0.2) is 12.5 Å². The third-order valence-corrected chi connectivity index (χ3v) is 3.88. The predicted octanol–water partition coefficient (Wildman–Crippen LogP) is 5.02. The number of hydrogen-bond donors (Lipinski definition) is 1. The Bertz CT molecular complexity index is 981. The maximum absolute atomic E-state index is 12.2. The first-order chi connectivity index (χ1) is 13.2. The Hall–Kier alpha value is -3.49. The molecule has 0 radical (unpaired) electrons. The van der Waals surface area contributed by atoms with Crippen LogP contribution in [0.5, 0.6) is 17.2 Å². The number of nitrogens with zero attached hydrogens (tertiary/aromatic N) is 1. The predicted molar refractivity (Wildman–Crippen MR) is 103 cm³/mol. The second-order valence-corrected chi connectivity index (χ2v) is 5.91. The van der Waals surface area contributed by atoms with Crippen molar-refractivity contribution in [2.24, 2.45) is 0 Å². The average Bonchev–Trinajstić information content (AvgIpc) is 2.70. The van der Waals surface area contributed by atoms with Crippen LogP contribution in [0, 0.1) is 11.3 Å². The molecule has 0 aliphatic heterocycles. The van der Waals surface area contributed by atoms with Gasteiger partial charge in [-0.1, -0.05) is 35.9 Å². The second-order valence-electron chi connectivity index (χ2n) is 5.50. The van der Waals surface area contributed by atoms with Gasteiger partial charge in [0.15, 0.2) is 12.4 Å². The highest BCUT2D eigenvalue weighted by atomic mass is 35.5. The van der Waals surface area contributed by atoms with Crippen molar-refractivity contribution in [3.05, 3.63) is 83.4 Å². The fourth-order valence-corrected chi connectivity index (χ4v) is 2.44. The van der Waals surface area contributed by atoms with Crippen molar-refractivity contribution in [3.8, 4) is 23.3 Å². The Kier molecular flexibility index (Phi) is 5.93. The molecule has 0 saturated heterocycles. The molecule has 3 rings (SSSR count). The molecule has 0 spiro atoms. The van der Waals surface area contributed by atoms with Crippen LogP contribution in [0.4, 0.5) is 5.69 Å². The zero-order valence-electron chi connectivity index (χ0n) is 14.2. The van der Waals surface area contributed by atoms with Crippen molar-refractivity contribution in [2.45, 2.75) is 0 Å². The molecule has 0 bridgehead atoms. The molecule has 0 fully saturated rings. The summed E-state index contributed by atoms with van der Waals surface area (Å²) in [5.41, 5.74) is 1.03. The van der Waals surface area contributed by atoms with Gasteiger partial charge in [-0.25, -0.2) is 0 Å². The number of halogens is 1. The van der Waals surface area contributed by atoms with Gasteiger partial charge in [-0.2, -0.15) is 5.26 Å². The number of nitriles is 1. The van der Waals surface area contributed by atoms with E-state index in [-0.39, 0.29) is 12.5 Å². The lowest BCUT2D eigenvalue weighted by atomic mass is 10.2. The molecule has 0 heterocycles. The number of anilines is 1. The summed E-state index contributed by atoms with van der Waals surface area (Å²) >= 11 is 6.12. The van der Waals surface area contributed by atoms with E-state index in [0.29, 0.717) is 33.5 Å². The lowest BCUT2D eigenvalue weighted by molar-refractivity contribution is -0.118. The Labute approximate surface area is 161 Å². The summed E-state index contributed by atoms with van der Waals surface area (Å²) in [6.45, 7) is -0.174. The van der Waals surface area contributed by atoms with Gasteiger partial charge in [0.25, 0.3) is 5.91 Å². The molecule has 27 heavy (non-hydrogen) atoms. The molecule has 0 aromatic heterocycles. The van der Waals surface area contributed by atoms with Crippen molar-refractivity contribution < 1.29 is 14.3 Å². The van der Waals surface area contributed by atoms with Crippen LogP contribution in [0.2, 0.25) is 5.02 Å². The molecule has 3 aromatic rings. The Balaban J connectivity index is 1.64. The van der Waals surface area contributed by atoms with Crippen molar-refractivity contribution in [1.29, 1.82) is 5.26 Å². The molecule has 0 aliphatic carbocycles. The van der Waals surface area contributed by atoms with Crippen molar-refractivity contribution >= 4 is 23.2 Å². The van der Waals surface area contributed by atoms with Crippen LogP contribution in [0.25, 0.3) is 0 Å².